The van der Waals surface area contributed by atoms with E-state index in [-0.39, 0.29) is 24.9 Å². The van der Waals surface area contributed by atoms with Gasteiger partial charge in [-0.2, -0.15) is 5.10 Å². The Hall–Kier alpha value is -2.83. The van der Waals surface area contributed by atoms with Crippen LogP contribution < -0.4 is 10.1 Å². The Balaban J connectivity index is 1.99. The Morgan fingerprint density at radius 2 is 2.22 bits per heavy atom. The first-order valence-electron chi connectivity index (χ1n) is 7.18. The Morgan fingerprint density at radius 1 is 1.43 bits per heavy atom. The molecule has 0 saturated carbocycles. The Labute approximate surface area is 133 Å². The molecule has 1 aromatic heterocycles. The molecule has 0 bridgehead atoms. The standard InChI is InChI=1S/C16H19N3O4/c1-11(12-4-3-5-14(8-12)23-2)18-16(22)13-9-17-19(10-13)7-6-15(20)21/h3-5,8-11H,6-7H2,1-2H3,(H,18,22)(H,20,21). The van der Waals surface area contributed by atoms with E-state index in [0.717, 1.165) is 11.3 Å². The van der Waals surface area contributed by atoms with E-state index in [1.54, 1.807) is 7.11 Å². The van der Waals surface area contributed by atoms with Gasteiger partial charge in [0.25, 0.3) is 5.91 Å². The predicted octanol–water partition coefficient (Wildman–Crippen LogP) is 1.86. The number of nitrogens with zero attached hydrogens (tertiary/aromatic N) is 2. The molecule has 1 amide bonds. The van der Waals surface area contributed by atoms with E-state index >= 15 is 0 Å². The third-order valence-electron chi connectivity index (χ3n) is 3.39. The zero-order chi connectivity index (χ0) is 16.8. The number of carbonyl (C=O) groups is 2. The molecule has 0 fully saturated rings. The number of amides is 1. The number of carboxylic acids is 1. The second-order valence-corrected chi connectivity index (χ2v) is 5.11. The zero-order valence-electron chi connectivity index (χ0n) is 13.0. The number of aryl methyl sites for hydroxylation is 1. The summed E-state index contributed by atoms with van der Waals surface area (Å²) in [6.45, 7) is 2.11. The summed E-state index contributed by atoms with van der Waals surface area (Å²) in [5.41, 5.74) is 1.32. The molecule has 0 spiro atoms. The van der Waals surface area contributed by atoms with Gasteiger partial charge in [-0.05, 0) is 24.6 Å². The van der Waals surface area contributed by atoms with Crippen LogP contribution in [0.3, 0.4) is 0 Å². The molecule has 0 aliphatic carbocycles. The van der Waals surface area contributed by atoms with Gasteiger partial charge in [-0.25, -0.2) is 0 Å². The number of aliphatic carboxylic acids is 1. The highest BCUT2D eigenvalue weighted by Gasteiger charge is 2.14. The van der Waals surface area contributed by atoms with E-state index in [4.69, 9.17) is 9.84 Å². The first kappa shape index (κ1) is 16.5. The van der Waals surface area contributed by atoms with Gasteiger partial charge in [-0.1, -0.05) is 12.1 Å². The SMILES string of the molecule is COc1cccc(C(C)NC(=O)c2cnn(CCC(=O)O)c2)c1. The third kappa shape index (κ3) is 4.57. The van der Waals surface area contributed by atoms with E-state index < -0.39 is 5.97 Å². The van der Waals surface area contributed by atoms with E-state index in [1.807, 2.05) is 31.2 Å². The largest absolute Gasteiger partial charge is 0.497 e. The maximum Gasteiger partial charge on any atom is 0.305 e. The smallest absolute Gasteiger partial charge is 0.305 e. The van der Waals surface area contributed by atoms with Gasteiger partial charge in [0.1, 0.15) is 5.75 Å². The van der Waals surface area contributed by atoms with Crippen LogP contribution >= 0.6 is 0 Å². The lowest BCUT2D eigenvalue weighted by molar-refractivity contribution is -0.137. The summed E-state index contributed by atoms with van der Waals surface area (Å²) in [7, 11) is 1.59. The van der Waals surface area contributed by atoms with Crippen molar-refractivity contribution < 1.29 is 19.4 Å². The lowest BCUT2D eigenvalue weighted by Gasteiger charge is -2.14. The van der Waals surface area contributed by atoms with Crippen LogP contribution in [0.25, 0.3) is 0 Å². The molecule has 7 heteroatoms. The number of ether oxygens (including phenoxy) is 1. The maximum absolute atomic E-state index is 12.2. The van der Waals surface area contributed by atoms with Crippen molar-refractivity contribution in [1.82, 2.24) is 15.1 Å². The highest BCUT2D eigenvalue weighted by molar-refractivity contribution is 5.93. The number of carbonyl (C=O) groups excluding carboxylic acids is 1. The lowest BCUT2D eigenvalue weighted by atomic mass is 10.1. The molecule has 7 nitrogen and oxygen atoms in total. The molecular weight excluding hydrogens is 298 g/mol. The van der Waals surface area contributed by atoms with Crippen molar-refractivity contribution in [2.75, 3.05) is 7.11 Å². The number of hydrogen-bond acceptors (Lipinski definition) is 4. The van der Waals surface area contributed by atoms with Crippen molar-refractivity contribution >= 4 is 11.9 Å². The number of rotatable bonds is 7. The fourth-order valence-electron chi connectivity index (χ4n) is 2.09. The predicted molar refractivity (Wildman–Crippen MR) is 83.4 cm³/mol. The fourth-order valence-corrected chi connectivity index (χ4v) is 2.09. The topological polar surface area (TPSA) is 93.5 Å². The molecule has 2 aromatic rings. The maximum atomic E-state index is 12.2. The average molecular weight is 317 g/mol. The number of hydrogen-bond donors (Lipinski definition) is 2. The summed E-state index contributed by atoms with van der Waals surface area (Å²) in [5.74, 6) is -0.440. The van der Waals surface area contributed by atoms with Crippen molar-refractivity contribution in [1.29, 1.82) is 0 Å². The molecule has 2 rings (SSSR count). The minimum absolute atomic E-state index is 0.0387. The van der Waals surface area contributed by atoms with Crippen LogP contribution in [0, 0.1) is 0 Å². The summed E-state index contributed by atoms with van der Waals surface area (Å²) in [6, 6.07) is 7.27. The second kappa shape index (κ2) is 7.44. The van der Waals surface area contributed by atoms with Gasteiger partial charge < -0.3 is 15.2 Å². The van der Waals surface area contributed by atoms with Crippen molar-refractivity contribution in [3.63, 3.8) is 0 Å². The minimum Gasteiger partial charge on any atom is -0.497 e. The van der Waals surface area contributed by atoms with Crippen LogP contribution in [0.1, 0.15) is 35.3 Å². The van der Waals surface area contributed by atoms with Crippen LogP contribution in [0.15, 0.2) is 36.7 Å². The first-order chi connectivity index (χ1) is 11.0. The zero-order valence-corrected chi connectivity index (χ0v) is 13.0. The number of carboxylic acid groups (broad SMARTS) is 1. The molecule has 0 radical (unpaired) electrons. The molecule has 1 unspecified atom stereocenters. The summed E-state index contributed by atoms with van der Waals surface area (Å²) in [4.78, 5) is 22.8. The molecule has 2 N–H and O–H groups in total. The molecule has 122 valence electrons. The lowest BCUT2D eigenvalue weighted by Crippen LogP contribution is -2.26. The van der Waals surface area contributed by atoms with Gasteiger partial charge in [-0.15, -0.1) is 0 Å². The van der Waals surface area contributed by atoms with Crippen molar-refractivity contribution in [3.05, 3.63) is 47.8 Å². The normalized spacial score (nSPS) is 11.7. The van der Waals surface area contributed by atoms with Gasteiger partial charge in [0.2, 0.25) is 0 Å². The Morgan fingerprint density at radius 3 is 2.91 bits per heavy atom. The average Bonchev–Trinajstić information content (AvgIpc) is 3.02. The van der Waals surface area contributed by atoms with Gasteiger partial charge >= 0.3 is 5.97 Å². The number of methoxy groups -OCH3 is 1. The summed E-state index contributed by atoms with van der Waals surface area (Å²) in [6.07, 6.45) is 2.93. The monoisotopic (exact) mass is 317 g/mol. The van der Waals surface area contributed by atoms with Crippen molar-refractivity contribution in [2.45, 2.75) is 25.9 Å². The Bertz CT molecular complexity index is 696. The number of aromatic nitrogens is 2. The molecular formula is C16H19N3O4. The summed E-state index contributed by atoms with van der Waals surface area (Å²) in [5, 5.41) is 15.5. The number of nitrogens with one attached hydrogen (secondary N) is 1. The summed E-state index contributed by atoms with van der Waals surface area (Å²) >= 11 is 0. The molecule has 0 aliphatic heterocycles. The van der Waals surface area contributed by atoms with Crippen LogP contribution in [-0.2, 0) is 11.3 Å². The van der Waals surface area contributed by atoms with Crippen LogP contribution in [0.2, 0.25) is 0 Å². The van der Waals surface area contributed by atoms with E-state index in [2.05, 4.69) is 10.4 Å². The van der Waals surface area contributed by atoms with Crippen LogP contribution in [0.5, 0.6) is 5.75 Å². The molecule has 1 atom stereocenters. The quantitative estimate of drug-likeness (QED) is 0.813. The van der Waals surface area contributed by atoms with Gasteiger partial charge in [0.05, 0.1) is 37.9 Å². The van der Waals surface area contributed by atoms with Crippen molar-refractivity contribution in [2.24, 2.45) is 0 Å². The molecule has 0 saturated heterocycles. The first-order valence-corrected chi connectivity index (χ1v) is 7.18. The van der Waals surface area contributed by atoms with Crippen molar-refractivity contribution in [3.8, 4) is 5.75 Å². The molecule has 0 aliphatic rings. The Kier molecular flexibility index (Phi) is 5.35. The van der Waals surface area contributed by atoms with E-state index in [0.29, 0.717) is 5.56 Å². The fraction of sp³-hybridized carbons (Fsp3) is 0.312. The van der Waals surface area contributed by atoms with Crippen LogP contribution in [0.4, 0.5) is 0 Å². The van der Waals surface area contributed by atoms with Gasteiger partial charge in [0.15, 0.2) is 0 Å². The van der Waals surface area contributed by atoms with Gasteiger partial charge in [-0.3, -0.25) is 14.3 Å². The molecule has 1 heterocycles. The number of benzene rings is 1. The third-order valence-corrected chi connectivity index (χ3v) is 3.39. The van der Waals surface area contributed by atoms with E-state index in [9.17, 15) is 9.59 Å². The van der Waals surface area contributed by atoms with Gasteiger partial charge in [0, 0.05) is 6.20 Å². The van der Waals surface area contributed by atoms with Crippen LogP contribution in [-0.4, -0.2) is 33.9 Å². The molecule has 1 aromatic carbocycles. The van der Waals surface area contributed by atoms with E-state index in [1.165, 1.54) is 17.1 Å². The second-order valence-electron chi connectivity index (χ2n) is 5.11. The summed E-state index contributed by atoms with van der Waals surface area (Å²) < 4.78 is 6.61. The highest BCUT2D eigenvalue weighted by atomic mass is 16.5. The molecule has 23 heavy (non-hydrogen) atoms. The minimum atomic E-state index is -0.904. The highest BCUT2D eigenvalue weighted by Crippen LogP contribution is 2.19.